The molecule has 0 aliphatic carbocycles. The summed E-state index contributed by atoms with van der Waals surface area (Å²) in [5.74, 6) is 0.652. The van der Waals surface area contributed by atoms with Crippen LogP contribution in [0.4, 0.5) is 0 Å². The molecule has 0 bridgehead atoms. The van der Waals surface area contributed by atoms with Gasteiger partial charge in [0.2, 0.25) is 0 Å². The number of hydrogen-bond acceptors (Lipinski definition) is 3. The number of aryl methyl sites for hydroxylation is 2. The van der Waals surface area contributed by atoms with E-state index in [2.05, 4.69) is 26.8 Å². The quantitative estimate of drug-likeness (QED) is 0.778. The highest BCUT2D eigenvalue weighted by Crippen LogP contribution is 2.07. The Labute approximate surface area is 86.7 Å². The average Bonchev–Trinajstić information content (AvgIpc) is 2.63. The third kappa shape index (κ3) is 2.33. The maximum Gasteiger partial charge on any atom is 0.320 e. The summed E-state index contributed by atoms with van der Waals surface area (Å²) < 4.78 is 4.66. The van der Waals surface area contributed by atoms with Gasteiger partial charge in [-0.3, -0.25) is 0 Å². The highest BCUT2D eigenvalue weighted by Gasteiger charge is 2.02. The van der Waals surface area contributed by atoms with E-state index in [0.717, 1.165) is 12.8 Å². The van der Waals surface area contributed by atoms with E-state index in [-0.39, 0.29) is 5.35 Å². The summed E-state index contributed by atoms with van der Waals surface area (Å²) in [7, 11) is 0. The van der Waals surface area contributed by atoms with Crippen molar-refractivity contribution in [2.45, 2.75) is 12.8 Å². The fourth-order valence-corrected chi connectivity index (χ4v) is 1.37. The van der Waals surface area contributed by atoms with Crippen LogP contribution in [0, 0.1) is 0 Å². The smallest absolute Gasteiger partial charge is 0.320 e. The average molecular weight is 209 g/mol. The van der Waals surface area contributed by atoms with Gasteiger partial charge in [-0.05, 0) is 23.6 Å². The van der Waals surface area contributed by atoms with Gasteiger partial charge in [0.25, 0.3) is 0 Å². The Morgan fingerprint density at radius 3 is 2.57 bits per heavy atom. The number of halogens is 1. The molecule has 0 aliphatic heterocycles. The minimum atomic E-state index is 0.105. The maximum atomic E-state index is 5.50. The highest BCUT2D eigenvalue weighted by atomic mass is 35.5. The van der Waals surface area contributed by atoms with E-state index >= 15 is 0 Å². The SMILES string of the molecule is Clc1nc(CCc2ccccc2)no1. The molecular weight excluding hydrogens is 200 g/mol. The molecule has 4 heteroatoms. The number of rotatable bonds is 3. The van der Waals surface area contributed by atoms with Crippen molar-refractivity contribution in [3.8, 4) is 0 Å². The first-order valence-corrected chi connectivity index (χ1v) is 4.74. The van der Waals surface area contributed by atoms with Gasteiger partial charge in [0, 0.05) is 6.42 Å². The van der Waals surface area contributed by atoms with Gasteiger partial charge in [-0.2, -0.15) is 4.98 Å². The molecule has 0 unspecified atom stereocenters. The molecule has 0 atom stereocenters. The number of hydrogen-bond donors (Lipinski definition) is 0. The first kappa shape index (κ1) is 9.21. The molecule has 14 heavy (non-hydrogen) atoms. The summed E-state index contributed by atoms with van der Waals surface area (Å²) in [6.45, 7) is 0. The van der Waals surface area contributed by atoms with Crippen LogP contribution in [0.15, 0.2) is 34.9 Å². The van der Waals surface area contributed by atoms with Crippen molar-refractivity contribution >= 4 is 11.6 Å². The van der Waals surface area contributed by atoms with E-state index in [9.17, 15) is 0 Å². The van der Waals surface area contributed by atoms with Gasteiger partial charge < -0.3 is 4.52 Å². The zero-order chi connectivity index (χ0) is 9.80. The Hall–Kier alpha value is -1.35. The van der Waals surface area contributed by atoms with Crippen molar-refractivity contribution in [3.63, 3.8) is 0 Å². The monoisotopic (exact) mass is 208 g/mol. The van der Waals surface area contributed by atoms with Gasteiger partial charge in [0.1, 0.15) is 0 Å². The van der Waals surface area contributed by atoms with Gasteiger partial charge in [0.15, 0.2) is 5.82 Å². The van der Waals surface area contributed by atoms with Crippen LogP contribution in [0.1, 0.15) is 11.4 Å². The minimum Gasteiger partial charge on any atom is -0.321 e. The van der Waals surface area contributed by atoms with Crippen molar-refractivity contribution in [2.24, 2.45) is 0 Å². The van der Waals surface area contributed by atoms with Crippen LogP contribution >= 0.6 is 11.6 Å². The van der Waals surface area contributed by atoms with Crippen LogP contribution in [-0.4, -0.2) is 10.1 Å². The zero-order valence-corrected chi connectivity index (χ0v) is 8.24. The number of nitrogens with zero attached hydrogens (tertiary/aromatic N) is 2. The Morgan fingerprint density at radius 2 is 1.93 bits per heavy atom. The molecule has 0 amide bonds. The molecule has 0 saturated heterocycles. The highest BCUT2D eigenvalue weighted by molar-refractivity contribution is 6.27. The third-order valence-electron chi connectivity index (χ3n) is 1.92. The lowest BCUT2D eigenvalue weighted by atomic mass is 10.1. The Bertz CT molecular complexity index is 400. The second-order valence-electron chi connectivity index (χ2n) is 2.95. The van der Waals surface area contributed by atoms with Gasteiger partial charge in [-0.15, -0.1) is 0 Å². The van der Waals surface area contributed by atoms with Gasteiger partial charge in [0.05, 0.1) is 0 Å². The molecule has 1 heterocycles. The fraction of sp³-hybridized carbons (Fsp3) is 0.200. The first-order chi connectivity index (χ1) is 6.84. The van der Waals surface area contributed by atoms with Crippen molar-refractivity contribution < 1.29 is 4.52 Å². The topological polar surface area (TPSA) is 38.9 Å². The van der Waals surface area contributed by atoms with E-state index in [1.54, 1.807) is 0 Å². The predicted octanol–water partition coefficient (Wildman–Crippen LogP) is 2.51. The van der Waals surface area contributed by atoms with E-state index in [1.807, 2.05) is 18.2 Å². The predicted molar refractivity (Wildman–Crippen MR) is 53.2 cm³/mol. The molecule has 0 spiro atoms. The molecule has 0 aliphatic rings. The Kier molecular flexibility index (Phi) is 2.79. The lowest BCUT2D eigenvalue weighted by Crippen LogP contribution is -1.92. The molecule has 3 nitrogen and oxygen atoms in total. The molecule has 2 aromatic rings. The van der Waals surface area contributed by atoms with Crippen molar-refractivity contribution in [3.05, 3.63) is 47.1 Å². The third-order valence-corrected chi connectivity index (χ3v) is 2.08. The van der Waals surface area contributed by atoms with Crippen molar-refractivity contribution in [2.75, 3.05) is 0 Å². The molecular formula is C10H9ClN2O. The number of benzene rings is 1. The molecule has 2 rings (SSSR count). The van der Waals surface area contributed by atoms with Crippen molar-refractivity contribution in [1.29, 1.82) is 0 Å². The molecule has 1 aromatic carbocycles. The normalized spacial score (nSPS) is 10.4. The second kappa shape index (κ2) is 4.24. The van der Waals surface area contributed by atoms with Crippen LogP contribution in [0.3, 0.4) is 0 Å². The second-order valence-corrected chi connectivity index (χ2v) is 3.27. The molecule has 0 saturated carbocycles. The summed E-state index contributed by atoms with van der Waals surface area (Å²) >= 11 is 5.50. The zero-order valence-electron chi connectivity index (χ0n) is 7.48. The Morgan fingerprint density at radius 1 is 1.14 bits per heavy atom. The lowest BCUT2D eigenvalue weighted by molar-refractivity contribution is 0.411. The van der Waals surface area contributed by atoms with Gasteiger partial charge in [-0.1, -0.05) is 35.5 Å². The van der Waals surface area contributed by atoms with E-state index < -0.39 is 0 Å². The summed E-state index contributed by atoms with van der Waals surface area (Å²) in [5.41, 5.74) is 1.26. The van der Waals surface area contributed by atoms with E-state index in [4.69, 9.17) is 11.6 Å². The van der Waals surface area contributed by atoms with Crippen LogP contribution < -0.4 is 0 Å². The summed E-state index contributed by atoms with van der Waals surface area (Å²) in [6.07, 6.45) is 1.65. The lowest BCUT2D eigenvalue weighted by Gasteiger charge is -1.96. The van der Waals surface area contributed by atoms with Crippen molar-refractivity contribution in [1.82, 2.24) is 10.1 Å². The minimum absolute atomic E-state index is 0.105. The standard InChI is InChI=1S/C10H9ClN2O/c11-10-12-9(13-14-10)7-6-8-4-2-1-3-5-8/h1-5H,6-7H2. The van der Waals surface area contributed by atoms with Crippen LogP contribution in [0.25, 0.3) is 0 Å². The summed E-state index contributed by atoms with van der Waals surface area (Å²) in [4.78, 5) is 3.91. The Balaban J connectivity index is 1.95. The molecule has 1 aromatic heterocycles. The molecule has 0 radical (unpaired) electrons. The van der Waals surface area contributed by atoms with Crippen LogP contribution in [0.2, 0.25) is 5.35 Å². The number of aromatic nitrogens is 2. The largest absolute Gasteiger partial charge is 0.321 e. The van der Waals surface area contributed by atoms with Gasteiger partial charge in [-0.25, -0.2) is 0 Å². The van der Waals surface area contributed by atoms with Gasteiger partial charge >= 0.3 is 5.35 Å². The molecule has 72 valence electrons. The molecule has 0 N–H and O–H groups in total. The first-order valence-electron chi connectivity index (χ1n) is 4.36. The van der Waals surface area contributed by atoms with E-state index in [1.165, 1.54) is 5.56 Å². The maximum absolute atomic E-state index is 5.50. The molecule has 0 fully saturated rings. The van der Waals surface area contributed by atoms with Crippen LogP contribution in [-0.2, 0) is 12.8 Å². The van der Waals surface area contributed by atoms with E-state index in [0.29, 0.717) is 5.82 Å². The van der Waals surface area contributed by atoms with Crippen LogP contribution in [0.5, 0.6) is 0 Å². The summed E-state index contributed by atoms with van der Waals surface area (Å²) in [6, 6.07) is 10.2. The summed E-state index contributed by atoms with van der Waals surface area (Å²) in [5, 5.41) is 3.82. The fourth-order valence-electron chi connectivity index (χ4n) is 1.24.